The van der Waals surface area contributed by atoms with Gasteiger partial charge in [-0.1, -0.05) is 0 Å². The van der Waals surface area contributed by atoms with Crippen molar-refractivity contribution < 1.29 is 13.2 Å². The van der Waals surface area contributed by atoms with Crippen molar-refractivity contribution in [3.63, 3.8) is 0 Å². The highest BCUT2D eigenvalue weighted by molar-refractivity contribution is 7.92. The molecule has 0 bridgehead atoms. The van der Waals surface area contributed by atoms with Crippen LogP contribution in [0.5, 0.6) is 0 Å². The molecule has 0 unspecified atom stereocenters. The fourth-order valence-corrected chi connectivity index (χ4v) is 2.57. The molecule has 0 aliphatic heterocycles. The van der Waals surface area contributed by atoms with Crippen LogP contribution >= 0.6 is 0 Å². The van der Waals surface area contributed by atoms with E-state index in [-0.39, 0.29) is 5.78 Å². The second-order valence-electron chi connectivity index (χ2n) is 4.86. The number of rotatable bonds is 4. The third-order valence-corrected chi connectivity index (χ3v) is 3.55. The lowest BCUT2D eigenvalue weighted by molar-refractivity contribution is 0.103. The maximum atomic E-state index is 12.4. The highest BCUT2D eigenvalue weighted by Gasteiger charge is 2.12. The summed E-state index contributed by atoms with van der Waals surface area (Å²) in [6, 6.07) is 11.4. The smallest absolute Gasteiger partial charge is 0.229 e. The Morgan fingerprint density at radius 3 is 2.24 bits per heavy atom. The molecule has 2 rings (SSSR count). The highest BCUT2D eigenvalue weighted by Crippen LogP contribution is 2.18. The predicted molar refractivity (Wildman–Crippen MR) is 83.9 cm³/mol. The number of carbonyl (C=O) groups is 1. The van der Waals surface area contributed by atoms with Crippen molar-refractivity contribution >= 4 is 27.2 Å². The number of nitrogen functional groups attached to an aromatic ring is 1. The van der Waals surface area contributed by atoms with Crippen LogP contribution in [0.2, 0.25) is 0 Å². The SMILES string of the molecule is Cc1cc(N)ccc1C(=O)c1ccc(NS(C)(=O)=O)cc1. The van der Waals surface area contributed by atoms with E-state index in [1.54, 1.807) is 42.5 Å². The lowest BCUT2D eigenvalue weighted by Gasteiger charge is -2.07. The number of ketones is 1. The van der Waals surface area contributed by atoms with Crippen LogP contribution in [0.1, 0.15) is 21.5 Å². The van der Waals surface area contributed by atoms with Crippen LogP contribution in [0, 0.1) is 6.92 Å². The Balaban J connectivity index is 2.28. The molecule has 2 aromatic carbocycles. The molecule has 0 aliphatic rings. The van der Waals surface area contributed by atoms with Gasteiger partial charge in [-0.25, -0.2) is 8.42 Å². The zero-order valence-electron chi connectivity index (χ0n) is 11.8. The van der Waals surface area contributed by atoms with Crippen molar-refractivity contribution in [2.24, 2.45) is 0 Å². The van der Waals surface area contributed by atoms with Gasteiger partial charge in [-0.05, 0) is 55.0 Å². The first-order chi connectivity index (χ1) is 9.76. The molecule has 21 heavy (non-hydrogen) atoms. The summed E-state index contributed by atoms with van der Waals surface area (Å²) in [5.74, 6) is -0.126. The second-order valence-corrected chi connectivity index (χ2v) is 6.60. The van der Waals surface area contributed by atoms with Crippen molar-refractivity contribution in [2.75, 3.05) is 16.7 Å². The number of aryl methyl sites for hydroxylation is 1. The second kappa shape index (κ2) is 5.57. The molecule has 0 fully saturated rings. The Bertz CT molecular complexity index is 781. The zero-order chi connectivity index (χ0) is 15.6. The minimum absolute atomic E-state index is 0.126. The van der Waals surface area contributed by atoms with Crippen LogP contribution in [0.3, 0.4) is 0 Å². The molecule has 0 saturated carbocycles. The molecule has 0 atom stereocenters. The first-order valence-corrected chi connectivity index (χ1v) is 8.14. The Morgan fingerprint density at radius 1 is 1.10 bits per heavy atom. The van der Waals surface area contributed by atoms with Crippen molar-refractivity contribution in [1.82, 2.24) is 0 Å². The Morgan fingerprint density at radius 2 is 1.71 bits per heavy atom. The predicted octanol–water partition coefficient (Wildman–Crippen LogP) is 2.18. The average Bonchev–Trinajstić information content (AvgIpc) is 2.37. The summed E-state index contributed by atoms with van der Waals surface area (Å²) in [4.78, 5) is 12.4. The van der Waals surface area contributed by atoms with E-state index in [4.69, 9.17) is 5.73 Å². The number of sulfonamides is 1. The maximum Gasteiger partial charge on any atom is 0.229 e. The Labute approximate surface area is 123 Å². The van der Waals surface area contributed by atoms with Gasteiger partial charge in [0.15, 0.2) is 5.78 Å². The van der Waals surface area contributed by atoms with Crippen molar-refractivity contribution in [1.29, 1.82) is 0 Å². The van der Waals surface area contributed by atoms with E-state index in [0.29, 0.717) is 22.5 Å². The maximum absolute atomic E-state index is 12.4. The van der Waals surface area contributed by atoms with Gasteiger partial charge in [-0.3, -0.25) is 9.52 Å². The average molecular weight is 304 g/mol. The number of benzene rings is 2. The summed E-state index contributed by atoms with van der Waals surface area (Å²) in [6.45, 7) is 1.82. The monoisotopic (exact) mass is 304 g/mol. The number of hydrogen-bond donors (Lipinski definition) is 2. The van der Waals surface area contributed by atoms with Gasteiger partial charge in [0.25, 0.3) is 0 Å². The summed E-state index contributed by atoms with van der Waals surface area (Å²) in [5.41, 5.74) is 8.56. The van der Waals surface area contributed by atoms with E-state index in [9.17, 15) is 13.2 Å². The van der Waals surface area contributed by atoms with Gasteiger partial charge < -0.3 is 5.73 Å². The molecule has 0 heterocycles. The van der Waals surface area contributed by atoms with Crippen LogP contribution < -0.4 is 10.5 Å². The number of nitrogens with one attached hydrogen (secondary N) is 1. The van der Waals surface area contributed by atoms with E-state index >= 15 is 0 Å². The van der Waals surface area contributed by atoms with E-state index in [1.807, 2.05) is 6.92 Å². The molecule has 0 spiro atoms. The fraction of sp³-hybridized carbons (Fsp3) is 0.133. The Kier molecular flexibility index (Phi) is 3.99. The van der Waals surface area contributed by atoms with Gasteiger partial charge in [0.05, 0.1) is 6.26 Å². The van der Waals surface area contributed by atoms with Crippen LogP contribution in [0.25, 0.3) is 0 Å². The largest absolute Gasteiger partial charge is 0.399 e. The molecule has 6 heteroatoms. The van der Waals surface area contributed by atoms with Crippen LogP contribution in [0.4, 0.5) is 11.4 Å². The number of anilines is 2. The molecule has 110 valence electrons. The highest BCUT2D eigenvalue weighted by atomic mass is 32.2. The quantitative estimate of drug-likeness (QED) is 0.669. The minimum Gasteiger partial charge on any atom is -0.399 e. The molecular formula is C15H16N2O3S. The number of carbonyl (C=O) groups excluding carboxylic acids is 1. The van der Waals surface area contributed by atoms with Crippen molar-refractivity contribution in [2.45, 2.75) is 6.92 Å². The van der Waals surface area contributed by atoms with Crippen molar-refractivity contribution in [3.8, 4) is 0 Å². The topological polar surface area (TPSA) is 89.3 Å². The normalized spacial score (nSPS) is 11.1. The Hall–Kier alpha value is -2.34. The molecule has 0 amide bonds. The standard InChI is InChI=1S/C15H16N2O3S/c1-10-9-12(16)5-8-14(10)15(18)11-3-6-13(7-4-11)17-21(2,19)20/h3-9,17H,16H2,1-2H3. The molecular weight excluding hydrogens is 288 g/mol. The van der Waals surface area contributed by atoms with Gasteiger partial charge in [0.2, 0.25) is 10.0 Å². The fourth-order valence-electron chi connectivity index (χ4n) is 2.00. The third-order valence-electron chi connectivity index (χ3n) is 2.95. The van der Waals surface area contributed by atoms with E-state index < -0.39 is 10.0 Å². The van der Waals surface area contributed by atoms with Gasteiger partial charge in [-0.2, -0.15) is 0 Å². The van der Waals surface area contributed by atoms with Gasteiger partial charge in [0, 0.05) is 22.5 Å². The molecule has 3 N–H and O–H groups in total. The van der Waals surface area contributed by atoms with Crippen LogP contribution in [0.15, 0.2) is 42.5 Å². The minimum atomic E-state index is -3.32. The lowest BCUT2D eigenvalue weighted by Crippen LogP contribution is -2.10. The molecule has 5 nitrogen and oxygen atoms in total. The van der Waals surface area contributed by atoms with Crippen LogP contribution in [-0.2, 0) is 10.0 Å². The summed E-state index contributed by atoms with van der Waals surface area (Å²) in [6.07, 6.45) is 1.07. The van der Waals surface area contributed by atoms with Gasteiger partial charge >= 0.3 is 0 Å². The van der Waals surface area contributed by atoms with E-state index in [2.05, 4.69) is 4.72 Å². The van der Waals surface area contributed by atoms with Crippen molar-refractivity contribution in [3.05, 3.63) is 59.2 Å². The summed E-state index contributed by atoms with van der Waals surface area (Å²) in [7, 11) is -3.32. The molecule has 0 aromatic heterocycles. The summed E-state index contributed by atoms with van der Waals surface area (Å²) in [5, 5.41) is 0. The zero-order valence-corrected chi connectivity index (χ0v) is 12.6. The first-order valence-electron chi connectivity index (χ1n) is 6.25. The summed E-state index contributed by atoms with van der Waals surface area (Å²) >= 11 is 0. The third kappa shape index (κ3) is 3.82. The molecule has 0 saturated heterocycles. The summed E-state index contributed by atoms with van der Waals surface area (Å²) < 4.78 is 24.6. The number of nitrogens with two attached hydrogens (primary N) is 1. The van der Waals surface area contributed by atoms with E-state index in [1.165, 1.54) is 0 Å². The molecule has 0 radical (unpaired) electrons. The molecule has 0 aliphatic carbocycles. The first kappa shape index (κ1) is 15.1. The van der Waals surface area contributed by atoms with E-state index in [0.717, 1.165) is 11.8 Å². The molecule has 2 aromatic rings. The lowest BCUT2D eigenvalue weighted by atomic mass is 9.98. The number of hydrogen-bond acceptors (Lipinski definition) is 4. The van der Waals surface area contributed by atoms with Gasteiger partial charge in [0.1, 0.15) is 0 Å². The van der Waals surface area contributed by atoms with Crippen LogP contribution in [-0.4, -0.2) is 20.5 Å². The van der Waals surface area contributed by atoms with Gasteiger partial charge in [-0.15, -0.1) is 0 Å².